The Balaban J connectivity index is 1.91. The standard InChI is InChI=1S/C18H22F3N3O6S/c1-29-8-5-14-12-17(26,18(19,20)21)24(22-14)16(25)13-3-2-4-15(11-13)31(27,28)23-6-9-30-10-7-23/h2-4,11-12,22,26H,5-10H2,1H3/t17-/m0/s1. The lowest BCUT2D eigenvalue weighted by atomic mass is 10.1. The maximum absolute atomic E-state index is 13.6. The number of nitrogens with one attached hydrogen (secondary N) is 1. The van der Waals surface area contributed by atoms with E-state index in [1.807, 2.05) is 0 Å². The number of nitrogens with zero attached hydrogens (tertiary/aromatic N) is 2. The molecule has 0 radical (unpaired) electrons. The predicted octanol–water partition coefficient (Wildman–Crippen LogP) is 0.839. The number of hydrogen-bond acceptors (Lipinski definition) is 7. The molecule has 1 fully saturated rings. The number of sulfonamides is 1. The SMILES string of the molecule is COCCC1=C[C@](O)(C(F)(F)F)N(C(=O)c2cccc(S(=O)(=O)N3CCOCC3)c2)N1. The highest BCUT2D eigenvalue weighted by atomic mass is 32.2. The molecule has 1 saturated heterocycles. The second-order valence-electron chi connectivity index (χ2n) is 6.93. The minimum absolute atomic E-state index is 0.00980. The third-order valence-corrected chi connectivity index (χ3v) is 6.75. The summed E-state index contributed by atoms with van der Waals surface area (Å²) < 4.78 is 77.6. The van der Waals surface area contributed by atoms with Crippen LogP contribution >= 0.6 is 0 Å². The number of rotatable bonds is 6. The maximum Gasteiger partial charge on any atom is 0.442 e. The molecule has 2 aliphatic rings. The van der Waals surface area contributed by atoms with Crippen molar-refractivity contribution in [3.8, 4) is 0 Å². The van der Waals surface area contributed by atoms with Crippen LogP contribution in [-0.4, -0.2) is 80.7 Å². The predicted molar refractivity (Wildman–Crippen MR) is 101 cm³/mol. The van der Waals surface area contributed by atoms with Gasteiger partial charge in [-0.05, 0) is 24.3 Å². The average Bonchev–Trinajstić information content (AvgIpc) is 3.10. The van der Waals surface area contributed by atoms with Crippen molar-refractivity contribution in [3.63, 3.8) is 0 Å². The molecule has 1 amide bonds. The number of halogens is 3. The molecule has 0 aliphatic carbocycles. The summed E-state index contributed by atoms with van der Waals surface area (Å²) in [5, 5.41) is 10.3. The van der Waals surface area contributed by atoms with Crippen LogP contribution in [0.25, 0.3) is 0 Å². The molecule has 1 aromatic rings. The fraction of sp³-hybridized carbons (Fsp3) is 0.500. The van der Waals surface area contributed by atoms with Crippen LogP contribution < -0.4 is 5.43 Å². The number of hydrazine groups is 1. The molecular formula is C18H22F3N3O6S. The van der Waals surface area contributed by atoms with Crippen LogP contribution in [0.4, 0.5) is 13.2 Å². The fourth-order valence-electron chi connectivity index (χ4n) is 3.18. The van der Waals surface area contributed by atoms with Gasteiger partial charge in [0.2, 0.25) is 10.0 Å². The lowest BCUT2D eigenvalue weighted by molar-refractivity contribution is -0.283. The zero-order chi connectivity index (χ0) is 22.9. The van der Waals surface area contributed by atoms with Crippen LogP contribution in [0.3, 0.4) is 0 Å². The molecule has 0 aromatic heterocycles. The van der Waals surface area contributed by atoms with Crippen molar-refractivity contribution in [3.05, 3.63) is 41.6 Å². The van der Waals surface area contributed by atoms with Gasteiger partial charge < -0.3 is 14.6 Å². The van der Waals surface area contributed by atoms with E-state index in [2.05, 4.69) is 5.43 Å². The molecule has 172 valence electrons. The van der Waals surface area contributed by atoms with E-state index in [9.17, 15) is 31.5 Å². The zero-order valence-electron chi connectivity index (χ0n) is 16.6. The van der Waals surface area contributed by atoms with Gasteiger partial charge in [-0.15, -0.1) is 0 Å². The Labute approximate surface area is 177 Å². The summed E-state index contributed by atoms with van der Waals surface area (Å²) in [5.41, 5.74) is -1.75. The quantitative estimate of drug-likeness (QED) is 0.641. The summed E-state index contributed by atoms with van der Waals surface area (Å²) in [6, 6.07) is 4.66. The van der Waals surface area contributed by atoms with E-state index in [1.165, 1.54) is 29.6 Å². The lowest BCUT2D eigenvalue weighted by Gasteiger charge is -2.34. The molecule has 1 aromatic carbocycles. The van der Waals surface area contributed by atoms with Crippen LogP contribution in [0.1, 0.15) is 16.8 Å². The Kier molecular flexibility index (Phi) is 6.62. The van der Waals surface area contributed by atoms with Gasteiger partial charge in [-0.1, -0.05) is 6.07 Å². The largest absolute Gasteiger partial charge is 0.442 e. The molecule has 31 heavy (non-hydrogen) atoms. The van der Waals surface area contributed by atoms with Crippen LogP contribution in [0.5, 0.6) is 0 Å². The second kappa shape index (κ2) is 8.74. The van der Waals surface area contributed by atoms with E-state index >= 15 is 0 Å². The summed E-state index contributed by atoms with van der Waals surface area (Å²) in [4.78, 5) is 12.6. The van der Waals surface area contributed by atoms with Crippen molar-refractivity contribution >= 4 is 15.9 Å². The minimum atomic E-state index is -5.21. The first-order chi connectivity index (χ1) is 14.5. The first kappa shape index (κ1) is 23.5. The number of morpholine rings is 1. The third kappa shape index (κ3) is 4.55. The molecule has 0 saturated carbocycles. The van der Waals surface area contributed by atoms with Crippen LogP contribution in [0.15, 0.2) is 40.9 Å². The van der Waals surface area contributed by atoms with Gasteiger partial charge in [0.1, 0.15) is 0 Å². The van der Waals surface area contributed by atoms with Crippen LogP contribution in [-0.2, 0) is 19.5 Å². The van der Waals surface area contributed by atoms with Crippen molar-refractivity contribution in [1.29, 1.82) is 0 Å². The van der Waals surface area contributed by atoms with Crippen LogP contribution in [0, 0.1) is 0 Å². The Morgan fingerprint density at radius 1 is 1.32 bits per heavy atom. The molecular weight excluding hydrogens is 443 g/mol. The number of aliphatic hydroxyl groups is 1. The number of methoxy groups -OCH3 is 1. The summed E-state index contributed by atoms with van der Waals surface area (Å²) in [6.45, 7) is 0.722. The topological polar surface area (TPSA) is 108 Å². The monoisotopic (exact) mass is 465 g/mol. The molecule has 9 nitrogen and oxygen atoms in total. The van der Waals surface area contributed by atoms with Gasteiger partial charge in [0.15, 0.2) is 0 Å². The Morgan fingerprint density at radius 2 is 2.00 bits per heavy atom. The molecule has 0 unspecified atom stereocenters. The van der Waals surface area contributed by atoms with Gasteiger partial charge in [-0.3, -0.25) is 10.2 Å². The highest BCUT2D eigenvalue weighted by Crippen LogP contribution is 2.39. The Hall–Kier alpha value is -2.19. The number of carbonyl (C=O) groups is 1. The van der Waals surface area contributed by atoms with Gasteiger partial charge in [0, 0.05) is 37.9 Å². The van der Waals surface area contributed by atoms with Gasteiger partial charge >= 0.3 is 6.18 Å². The molecule has 13 heteroatoms. The highest BCUT2D eigenvalue weighted by molar-refractivity contribution is 7.89. The second-order valence-corrected chi connectivity index (χ2v) is 8.87. The molecule has 2 heterocycles. The number of carbonyl (C=O) groups excluding carboxylic acids is 1. The summed E-state index contributed by atoms with van der Waals surface area (Å²) in [6.07, 6.45) is -4.72. The normalized spacial score (nSPS) is 22.9. The average molecular weight is 465 g/mol. The van der Waals surface area contributed by atoms with E-state index in [4.69, 9.17) is 9.47 Å². The van der Waals surface area contributed by atoms with Gasteiger partial charge in [-0.25, -0.2) is 13.4 Å². The van der Waals surface area contributed by atoms with Gasteiger partial charge in [0.25, 0.3) is 11.6 Å². The van der Waals surface area contributed by atoms with Crippen molar-refractivity contribution in [2.45, 2.75) is 23.2 Å². The summed E-state index contributed by atoms with van der Waals surface area (Å²) >= 11 is 0. The van der Waals surface area contributed by atoms with Gasteiger partial charge in [-0.2, -0.15) is 17.5 Å². The van der Waals surface area contributed by atoms with Crippen molar-refractivity contribution < 1.29 is 41.0 Å². The zero-order valence-corrected chi connectivity index (χ0v) is 17.4. The van der Waals surface area contributed by atoms with E-state index in [1.54, 1.807) is 0 Å². The first-order valence-corrected chi connectivity index (χ1v) is 10.7. The Morgan fingerprint density at radius 3 is 2.61 bits per heavy atom. The number of hydrogen-bond donors (Lipinski definition) is 2. The third-order valence-electron chi connectivity index (χ3n) is 4.86. The molecule has 1 atom stereocenters. The smallest absolute Gasteiger partial charge is 0.384 e. The maximum atomic E-state index is 13.6. The van der Waals surface area contributed by atoms with E-state index < -0.39 is 27.8 Å². The van der Waals surface area contributed by atoms with E-state index in [0.29, 0.717) is 6.08 Å². The number of ether oxygens (including phenoxy) is 2. The highest BCUT2D eigenvalue weighted by Gasteiger charge is 2.61. The number of benzene rings is 1. The fourth-order valence-corrected chi connectivity index (χ4v) is 4.63. The Bertz CT molecular complexity index is 963. The number of alkyl halides is 3. The van der Waals surface area contributed by atoms with Gasteiger partial charge in [0.05, 0.1) is 24.7 Å². The van der Waals surface area contributed by atoms with E-state index in [0.717, 1.165) is 6.07 Å². The van der Waals surface area contributed by atoms with Crippen LogP contribution in [0.2, 0.25) is 0 Å². The molecule has 0 spiro atoms. The van der Waals surface area contributed by atoms with E-state index in [-0.39, 0.29) is 60.5 Å². The van der Waals surface area contributed by atoms with Crippen molar-refractivity contribution in [2.75, 3.05) is 40.0 Å². The molecule has 3 rings (SSSR count). The van der Waals surface area contributed by atoms with Crippen molar-refractivity contribution in [2.24, 2.45) is 0 Å². The minimum Gasteiger partial charge on any atom is -0.384 e. The van der Waals surface area contributed by atoms with Crippen molar-refractivity contribution in [1.82, 2.24) is 14.7 Å². The lowest BCUT2D eigenvalue weighted by Crippen LogP contribution is -2.60. The molecule has 2 N–H and O–H groups in total. The molecule has 2 aliphatic heterocycles. The molecule has 0 bridgehead atoms. The number of amides is 1. The summed E-state index contributed by atoms with van der Waals surface area (Å²) in [7, 11) is -2.62. The first-order valence-electron chi connectivity index (χ1n) is 9.29. The summed E-state index contributed by atoms with van der Waals surface area (Å²) in [5.74, 6) is -1.25.